The third-order valence-corrected chi connectivity index (χ3v) is 4.09. The summed E-state index contributed by atoms with van der Waals surface area (Å²) in [6, 6.07) is 0. The van der Waals surface area contributed by atoms with Gasteiger partial charge in [0.05, 0.1) is 0 Å². The lowest BCUT2D eigenvalue weighted by Crippen LogP contribution is -2.46. The molecule has 1 aliphatic heterocycles. The van der Waals surface area contributed by atoms with Gasteiger partial charge in [0, 0.05) is 12.3 Å². The first kappa shape index (κ1) is 11.0. The fourth-order valence-corrected chi connectivity index (χ4v) is 3.50. The normalized spacial score (nSPS) is 37.0. The molecule has 0 amide bonds. The van der Waals surface area contributed by atoms with Crippen molar-refractivity contribution in [3.63, 3.8) is 0 Å². The van der Waals surface area contributed by atoms with Crippen molar-refractivity contribution >= 4 is 5.97 Å². The van der Waals surface area contributed by atoms with Gasteiger partial charge in [-0.05, 0) is 31.1 Å². The predicted octanol–water partition coefficient (Wildman–Crippen LogP) is 3.30. The number of ether oxygens (including phenoxy) is 1. The monoisotopic (exact) mass is 210 g/mol. The summed E-state index contributed by atoms with van der Waals surface area (Å²) in [6.07, 6.45) is 6.40. The molecule has 2 aliphatic rings. The van der Waals surface area contributed by atoms with Crippen LogP contribution in [-0.4, -0.2) is 11.6 Å². The van der Waals surface area contributed by atoms with E-state index in [0.717, 1.165) is 12.8 Å². The standard InChI is InChI=1S/C13H22O2/c1-12(2,3)10-6-4-5-8-13(10)9-7-11(14)15-13/h10H,4-9H2,1-3H3. The van der Waals surface area contributed by atoms with Gasteiger partial charge in [0.1, 0.15) is 5.60 Å². The van der Waals surface area contributed by atoms with Crippen LogP contribution in [-0.2, 0) is 9.53 Å². The van der Waals surface area contributed by atoms with Gasteiger partial charge in [-0.25, -0.2) is 0 Å². The van der Waals surface area contributed by atoms with Gasteiger partial charge in [-0.3, -0.25) is 4.79 Å². The molecule has 2 fully saturated rings. The van der Waals surface area contributed by atoms with E-state index >= 15 is 0 Å². The molecule has 0 bridgehead atoms. The maximum absolute atomic E-state index is 11.4. The highest BCUT2D eigenvalue weighted by Gasteiger charge is 2.51. The van der Waals surface area contributed by atoms with Crippen LogP contribution in [0.25, 0.3) is 0 Å². The summed E-state index contributed by atoms with van der Waals surface area (Å²) in [7, 11) is 0. The summed E-state index contributed by atoms with van der Waals surface area (Å²) in [4.78, 5) is 11.4. The molecule has 86 valence electrons. The lowest BCUT2D eigenvalue weighted by atomic mass is 9.63. The molecular weight excluding hydrogens is 188 g/mol. The maximum atomic E-state index is 11.4. The Morgan fingerprint density at radius 1 is 1.27 bits per heavy atom. The highest BCUT2D eigenvalue weighted by Crippen LogP contribution is 2.50. The van der Waals surface area contributed by atoms with Crippen molar-refractivity contribution < 1.29 is 9.53 Å². The Balaban J connectivity index is 2.23. The molecular formula is C13H22O2. The van der Waals surface area contributed by atoms with Gasteiger partial charge in [-0.1, -0.05) is 27.2 Å². The van der Waals surface area contributed by atoms with Crippen molar-refractivity contribution in [3.8, 4) is 0 Å². The number of hydrogen-bond donors (Lipinski definition) is 0. The lowest BCUT2D eigenvalue weighted by molar-refractivity contribution is -0.161. The highest BCUT2D eigenvalue weighted by atomic mass is 16.6. The Bertz CT molecular complexity index is 264. The van der Waals surface area contributed by atoms with Crippen LogP contribution in [0.3, 0.4) is 0 Å². The molecule has 1 heterocycles. The molecule has 0 N–H and O–H groups in total. The average molecular weight is 210 g/mol. The summed E-state index contributed by atoms with van der Waals surface area (Å²) in [5, 5.41) is 0. The van der Waals surface area contributed by atoms with E-state index in [9.17, 15) is 4.79 Å². The molecule has 1 saturated carbocycles. The topological polar surface area (TPSA) is 26.3 Å². The van der Waals surface area contributed by atoms with Gasteiger partial charge >= 0.3 is 5.97 Å². The molecule has 1 spiro atoms. The fourth-order valence-electron chi connectivity index (χ4n) is 3.50. The third kappa shape index (κ3) is 1.91. The molecule has 15 heavy (non-hydrogen) atoms. The van der Waals surface area contributed by atoms with Crippen molar-refractivity contribution in [2.45, 2.75) is 64.9 Å². The number of rotatable bonds is 0. The largest absolute Gasteiger partial charge is 0.459 e. The van der Waals surface area contributed by atoms with Gasteiger partial charge in [-0.2, -0.15) is 0 Å². The molecule has 2 heteroatoms. The van der Waals surface area contributed by atoms with Crippen LogP contribution < -0.4 is 0 Å². The zero-order valence-corrected chi connectivity index (χ0v) is 10.1. The second-order valence-corrected chi connectivity index (χ2v) is 6.20. The summed E-state index contributed by atoms with van der Waals surface area (Å²) >= 11 is 0. The Morgan fingerprint density at radius 3 is 2.53 bits per heavy atom. The summed E-state index contributed by atoms with van der Waals surface area (Å²) in [5.41, 5.74) is 0.151. The maximum Gasteiger partial charge on any atom is 0.306 e. The van der Waals surface area contributed by atoms with Crippen molar-refractivity contribution in [1.82, 2.24) is 0 Å². The molecule has 2 nitrogen and oxygen atoms in total. The van der Waals surface area contributed by atoms with Crippen LogP contribution in [0.2, 0.25) is 0 Å². The van der Waals surface area contributed by atoms with Gasteiger partial charge in [0.2, 0.25) is 0 Å². The van der Waals surface area contributed by atoms with E-state index < -0.39 is 0 Å². The smallest absolute Gasteiger partial charge is 0.306 e. The SMILES string of the molecule is CC(C)(C)C1CCCCC12CCC(=O)O2. The molecule has 0 radical (unpaired) electrons. The van der Waals surface area contributed by atoms with Crippen LogP contribution in [0.5, 0.6) is 0 Å². The van der Waals surface area contributed by atoms with Gasteiger partial charge < -0.3 is 4.74 Å². The Hall–Kier alpha value is -0.530. The van der Waals surface area contributed by atoms with Crippen molar-refractivity contribution in [2.24, 2.45) is 11.3 Å². The predicted molar refractivity (Wildman–Crippen MR) is 59.5 cm³/mol. The van der Waals surface area contributed by atoms with Crippen molar-refractivity contribution in [3.05, 3.63) is 0 Å². The van der Waals surface area contributed by atoms with E-state index in [1.807, 2.05) is 0 Å². The minimum absolute atomic E-state index is 0.0196. The summed E-state index contributed by atoms with van der Waals surface area (Å²) < 4.78 is 5.69. The molecule has 0 aromatic rings. The Kier molecular flexibility index (Phi) is 2.56. The molecule has 2 unspecified atom stereocenters. The molecule has 1 aliphatic carbocycles. The highest BCUT2D eigenvalue weighted by molar-refractivity contribution is 5.72. The number of carbonyl (C=O) groups excluding carboxylic acids is 1. The minimum Gasteiger partial charge on any atom is -0.459 e. The lowest BCUT2D eigenvalue weighted by Gasteiger charge is -2.46. The zero-order valence-electron chi connectivity index (χ0n) is 10.1. The van der Waals surface area contributed by atoms with Gasteiger partial charge in [0.25, 0.3) is 0 Å². The Morgan fingerprint density at radius 2 is 2.00 bits per heavy atom. The van der Waals surface area contributed by atoms with E-state index in [4.69, 9.17) is 4.74 Å². The second kappa shape index (κ2) is 3.50. The van der Waals surface area contributed by atoms with Gasteiger partial charge in [-0.15, -0.1) is 0 Å². The first-order valence-electron chi connectivity index (χ1n) is 6.16. The van der Waals surface area contributed by atoms with Crippen molar-refractivity contribution in [1.29, 1.82) is 0 Å². The van der Waals surface area contributed by atoms with E-state index in [2.05, 4.69) is 20.8 Å². The molecule has 2 rings (SSSR count). The summed E-state index contributed by atoms with van der Waals surface area (Å²) in [5.74, 6) is 0.566. The molecule has 1 saturated heterocycles. The van der Waals surface area contributed by atoms with E-state index in [1.165, 1.54) is 19.3 Å². The molecule has 0 aromatic heterocycles. The van der Waals surface area contributed by atoms with Crippen LogP contribution >= 0.6 is 0 Å². The molecule has 0 aromatic carbocycles. The van der Waals surface area contributed by atoms with Gasteiger partial charge in [0.15, 0.2) is 0 Å². The van der Waals surface area contributed by atoms with Crippen molar-refractivity contribution in [2.75, 3.05) is 0 Å². The van der Waals surface area contributed by atoms with E-state index in [0.29, 0.717) is 12.3 Å². The minimum atomic E-state index is -0.104. The first-order chi connectivity index (χ1) is 6.94. The fraction of sp³-hybridized carbons (Fsp3) is 0.923. The van der Waals surface area contributed by atoms with E-state index in [1.54, 1.807) is 0 Å². The molecule has 2 atom stereocenters. The van der Waals surface area contributed by atoms with Crippen LogP contribution in [0.1, 0.15) is 59.3 Å². The number of esters is 1. The number of carbonyl (C=O) groups is 1. The second-order valence-electron chi connectivity index (χ2n) is 6.20. The van der Waals surface area contributed by atoms with Crippen LogP contribution in [0.4, 0.5) is 0 Å². The number of hydrogen-bond acceptors (Lipinski definition) is 2. The van der Waals surface area contributed by atoms with E-state index in [-0.39, 0.29) is 17.0 Å². The third-order valence-electron chi connectivity index (χ3n) is 4.09. The van der Waals surface area contributed by atoms with Crippen LogP contribution in [0, 0.1) is 11.3 Å². The van der Waals surface area contributed by atoms with Crippen LogP contribution in [0.15, 0.2) is 0 Å². The first-order valence-corrected chi connectivity index (χ1v) is 6.16. The quantitative estimate of drug-likeness (QED) is 0.573. The summed E-state index contributed by atoms with van der Waals surface area (Å²) in [6.45, 7) is 6.82. The Labute approximate surface area is 92.4 Å². The zero-order chi connectivity index (χ0) is 11.1. The average Bonchev–Trinajstić information content (AvgIpc) is 2.47.